The third-order valence-corrected chi connectivity index (χ3v) is 4.36. The smallest absolute Gasteiger partial charge is 0.175 e. The zero-order valence-electron chi connectivity index (χ0n) is 11.5. The fourth-order valence-corrected chi connectivity index (χ4v) is 3.14. The Morgan fingerprint density at radius 1 is 1.00 bits per heavy atom. The molecule has 2 aromatic rings. The van der Waals surface area contributed by atoms with Crippen LogP contribution in [0.2, 0.25) is 0 Å². The van der Waals surface area contributed by atoms with Gasteiger partial charge in [0.1, 0.15) is 5.25 Å². The van der Waals surface area contributed by atoms with Crippen molar-refractivity contribution in [1.82, 2.24) is 0 Å². The normalized spacial score (nSPS) is 13.7. The van der Waals surface area contributed by atoms with Crippen molar-refractivity contribution in [3.05, 3.63) is 89.9 Å². The van der Waals surface area contributed by atoms with Crippen molar-refractivity contribution in [3.8, 4) is 0 Å². The lowest BCUT2D eigenvalue weighted by Crippen LogP contribution is -2.14. The lowest BCUT2D eigenvalue weighted by Gasteiger charge is -2.11. The second kappa shape index (κ2) is 7.50. The van der Waals surface area contributed by atoms with Gasteiger partial charge in [0.05, 0.1) is 10.8 Å². The Bertz CT molecular complexity index is 660. The Kier molecular flexibility index (Phi) is 5.41. The molecule has 0 bridgehead atoms. The van der Waals surface area contributed by atoms with Crippen LogP contribution < -0.4 is 0 Å². The van der Waals surface area contributed by atoms with Crippen molar-refractivity contribution in [2.75, 3.05) is 0 Å². The van der Waals surface area contributed by atoms with E-state index < -0.39 is 16.0 Å². The summed E-state index contributed by atoms with van der Waals surface area (Å²) in [6.07, 6.45) is 2.99. The van der Waals surface area contributed by atoms with Crippen molar-refractivity contribution in [3.63, 3.8) is 0 Å². The molecule has 0 fully saturated rings. The molecule has 2 unspecified atom stereocenters. The topological polar surface area (TPSA) is 34.1 Å². The highest BCUT2D eigenvalue weighted by Gasteiger charge is 2.23. The predicted octanol–water partition coefficient (Wildman–Crippen LogP) is 3.90. The first-order valence-corrected chi connectivity index (χ1v) is 7.84. The van der Waals surface area contributed by atoms with Crippen molar-refractivity contribution < 1.29 is 9.00 Å². The molecule has 0 saturated carbocycles. The fraction of sp³-hybridized carbons (Fsp3) is 0.0556. The largest absolute Gasteiger partial charge is 0.293 e. The van der Waals surface area contributed by atoms with Gasteiger partial charge in [-0.25, -0.2) is 0 Å². The molecule has 0 N–H and O–H groups in total. The second-order valence-electron chi connectivity index (χ2n) is 4.44. The lowest BCUT2D eigenvalue weighted by atomic mass is 10.1. The summed E-state index contributed by atoms with van der Waals surface area (Å²) < 4.78 is 12.5. The zero-order chi connectivity index (χ0) is 15.1. The Balaban J connectivity index is 2.25. The molecule has 3 heteroatoms. The van der Waals surface area contributed by atoms with E-state index in [9.17, 15) is 9.00 Å². The number of carbonyl (C=O) groups is 1. The van der Waals surface area contributed by atoms with Gasteiger partial charge in [-0.1, -0.05) is 67.2 Å². The molecule has 2 aromatic carbocycles. The van der Waals surface area contributed by atoms with E-state index in [-0.39, 0.29) is 5.78 Å². The Hall–Kier alpha value is -2.26. The molecule has 0 heterocycles. The number of carbonyl (C=O) groups excluding carboxylic acids is 1. The molecule has 0 spiro atoms. The number of hydrogen-bond acceptors (Lipinski definition) is 2. The molecule has 2 nitrogen and oxygen atoms in total. The molecule has 0 aliphatic heterocycles. The van der Waals surface area contributed by atoms with E-state index in [1.54, 1.807) is 23.6 Å². The quantitative estimate of drug-likeness (QED) is 0.758. The summed E-state index contributed by atoms with van der Waals surface area (Å²) in [5.41, 5.74) is 1.68. The second-order valence-corrected chi connectivity index (χ2v) is 5.84. The van der Waals surface area contributed by atoms with Crippen LogP contribution in [-0.4, -0.2) is 9.99 Å². The minimum absolute atomic E-state index is 0.239. The predicted molar refractivity (Wildman–Crippen MR) is 88.0 cm³/mol. The third kappa shape index (κ3) is 4.10. The highest BCUT2D eigenvalue weighted by atomic mass is 32.2. The standard InChI is InChI=1S/C18H16O2S/c1-2-17(19)18(16-11-7-4-8-12-16)21(20)14-13-15-9-5-3-6-10-15/h2-14,18H,1H2/b14-13+. The Labute approximate surface area is 127 Å². The highest BCUT2D eigenvalue weighted by molar-refractivity contribution is 7.89. The summed E-state index contributed by atoms with van der Waals surface area (Å²) in [7, 11) is -1.44. The van der Waals surface area contributed by atoms with E-state index in [4.69, 9.17) is 0 Å². The Morgan fingerprint density at radius 3 is 2.14 bits per heavy atom. The van der Waals surface area contributed by atoms with Gasteiger partial charge in [-0.15, -0.1) is 0 Å². The van der Waals surface area contributed by atoms with E-state index in [0.29, 0.717) is 0 Å². The zero-order valence-corrected chi connectivity index (χ0v) is 12.3. The summed E-state index contributed by atoms with van der Waals surface area (Å²) in [6, 6.07) is 18.7. The number of benzene rings is 2. The van der Waals surface area contributed by atoms with Gasteiger partial charge in [0.25, 0.3) is 0 Å². The first-order chi connectivity index (χ1) is 10.2. The van der Waals surface area contributed by atoms with Crippen LogP contribution in [0.1, 0.15) is 16.4 Å². The molecule has 0 aliphatic rings. The SMILES string of the molecule is C=CC(=O)C(c1ccccc1)S(=O)/C=C/c1ccccc1. The Morgan fingerprint density at radius 2 is 1.57 bits per heavy atom. The molecule has 2 rings (SSSR count). The molecule has 0 aromatic heterocycles. The van der Waals surface area contributed by atoms with E-state index in [1.165, 1.54) is 6.08 Å². The van der Waals surface area contributed by atoms with Gasteiger partial charge in [0.2, 0.25) is 0 Å². The van der Waals surface area contributed by atoms with Gasteiger partial charge in [-0.3, -0.25) is 9.00 Å². The average molecular weight is 296 g/mol. The summed E-state index contributed by atoms with van der Waals surface area (Å²) in [5.74, 6) is -0.239. The number of ketones is 1. The van der Waals surface area contributed by atoms with Gasteiger partial charge in [-0.05, 0) is 23.3 Å². The maximum absolute atomic E-state index is 12.5. The molecule has 106 valence electrons. The number of allylic oxidation sites excluding steroid dienone is 1. The molecule has 0 amide bonds. The summed E-state index contributed by atoms with van der Waals surface area (Å²) in [6.45, 7) is 3.50. The van der Waals surface area contributed by atoms with Crippen LogP contribution in [0.15, 0.2) is 78.7 Å². The first-order valence-electron chi connectivity index (χ1n) is 6.56. The monoisotopic (exact) mass is 296 g/mol. The minimum atomic E-state index is -1.44. The maximum Gasteiger partial charge on any atom is 0.175 e. The van der Waals surface area contributed by atoms with E-state index >= 15 is 0 Å². The molecular formula is C18H16O2S. The van der Waals surface area contributed by atoms with Gasteiger partial charge < -0.3 is 0 Å². The third-order valence-electron chi connectivity index (χ3n) is 2.99. The average Bonchev–Trinajstić information content (AvgIpc) is 2.55. The van der Waals surface area contributed by atoms with Crippen LogP contribution in [0, 0.1) is 0 Å². The minimum Gasteiger partial charge on any atom is -0.293 e. The molecule has 21 heavy (non-hydrogen) atoms. The van der Waals surface area contributed by atoms with Gasteiger partial charge >= 0.3 is 0 Å². The van der Waals surface area contributed by atoms with Crippen LogP contribution >= 0.6 is 0 Å². The van der Waals surface area contributed by atoms with E-state index in [1.807, 2.05) is 48.5 Å². The first kappa shape index (κ1) is 15.1. The van der Waals surface area contributed by atoms with Crippen LogP contribution in [0.25, 0.3) is 6.08 Å². The summed E-state index contributed by atoms with van der Waals surface area (Å²) in [5, 5.41) is 0.859. The van der Waals surface area contributed by atoms with Crippen LogP contribution in [0.3, 0.4) is 0 Å². The van der Waals surface area contributed by atoms with E-state index in [0.717, 1.165) is 11.1 Å². The number of rotatable bonds is 6. The molecule has 0 aliphatic carbocycles. The summed E-state index contributed by atoms with van der Waals surface area (Å²) >= 11 is 0. The van der Waals surface area contributed by atoms with E-state index in [2.05, 4.69) is 6.58 Å². The fourth-order valence-electron chi connectivity index (χ4n) is 1.94. The van der Waals surface area contributed by atoms with Crippen molar-refractivity contribution >= 4 is 22.7 Å². The maximum atomic E-state index is 12.5. The summed E-state index contributed by atoms with van der Waals surface area (Å²) in [4.78, 5) is 12.0. The molecule has 2 atom stereocenters. The molecular weight excluding hydrogens is 280 g/mol. The lowest BCUT2D eigenvalue weighted by molar-refractivity contribution is -0.114. The van der Waals surface area contributed by atoms with Crippen molar-refractivity contribution in [1.29, 1.82) is 0 Å². The number of hydrogen-bond donors (Lipinski definition) is 0. The molecule has 0 saturated heterocycles. The van der Waals surface area contributed by atoms with Crippen LogP contribution in [0.4, 0.5) is 0 Å². The van der Waals surface area contributed by atoms with Crippen LogP contribution in [0.5, 0.6) is 0 Å². The van der Waals surface area contributed by atoms with Crippen molar-refractivity contribution in [2.24, 2.45) is 0 Å². The van der Waals surface area contributed by atoms with Gasteiger partial charge in [-0.2, -0.15) is 0 Å². The van der Waals surface area contributed by atoms with Gasteiger partial charge in [0.15, 0.2) is 5.78 Å². The highest BCUT2D eigenvalue weighted by Crippen LogP contribution is 2.23. The molecule has 0 radical (unpaired) electrons. The van der Waals surface area contributed by atoms with Gasteiger partial charge in [0, 0.05) is 5.41 Å². The van der Waals surface area contributed by atoms with Crippen molar-refractivity contribution in [2.45, 2.75) is 5.25 Å². The van der Waals surface area contributed by atoms with Crippen LogP contribution in [-0.2, 0) is 15.6 Å².